The molecule has 158 valence electrons. The Morgan fingerprint density at radius 1 is 1.32 bits per heavy atom. The molecule has 1 aliphatic rings. The summed E-state index contributed by atoms with van der Waals surface area (Å²) in [5.41, 5.74) is 1.27. The van der Waals surface area contributed by atoms with Crippen molar-refractivity contribution in [3.63, 3.8) is 0 Å². The number of rotatable bonds is 9. The Labute approximate surface area is 178 Å². The maximum absolute atomic E-state index is 12.8. The number of carbonyl (C=O) groups excluding carboxylic acids is 1. The highest BCUT2D eigenvalue weighted by atomic mass is 35.5. The first-order valence-corrected chi connectivity index (χ1v) is 13.2. The Morgan fingerprint density at radius 3 is 2.57 bits per heavy atom. The Balaban J connectivity index is 2.03. The van der Waals surface area contributed by atoms with Crippen LogP contribution < -0.4 is 9.62 Å². The first-order chi connectivity index (χ1) is 13.2. The van der Waals surface area contributed by atoms with Gasteiger partial charge >= 0.3 is 0 Å². The minimum Gasteiger partial charge on any atom is -0.353 e. The van der Waals surface area contributed by atoms with E-state index in [9.17, 15) is 13.2 Å². The number of benzene rings is 1. The quantitative estimate of drug-likeness (QED) is 0.572. The van der Waals surface area contributed by atoms with Crippen molar-refractivity contribution in [1.82, 2.24) is 5.32 Å². The SMILES string of the molecule is CC[C@@H](C(=O)NCCSC1CCCCC1)N(c1ccc(C)c(Cl)c1)S(C)(=O)=O. The average molecular weight is 447 g/mol. The maximum Gasteiger partial charge on any atom is 0.243 e. The number of hydrogen-bond acceptors (Lipinski definition) is 4. The van der Waals surface area contributed by atoms with Gasteiger partial charge in [0.15, 0.2) is 0 Å². The molecule has 0 spiro atoms. The monoisotopic (exact) mass is 446 g/mol. The van der Waals surface area contributed by atoms with E-state index in [4.69, 9.17) is 11.6 Å². The molecular formula is C20H31ClN2O3S2. The lowest BCUT2D eigenvalue weighted by atomic mass is 10.0. The fourth-order valence-electron chi connectivity index (χ4n) is 3.53. The number of nitrogens with one attached hydrogen (secondary N) is 1. The standard InChI is InChI=1S/C20H31ClN2O3S2/c1-4-19(20(24)22-12-13-27-17-8-6-5-7-9-17)23(28(3,25)26)16-11-10-15(2)18(21)14-16/h10-11,14,17,19H,4-9,12-13H2,1-3H3,(H,22,24)/t19-/m0/s1. The Kier molecular flexibility index (Phi) is 8.96. The molecule has 2 rings (SSSR count). The van der Waals surface area contributed by atoms with E-state index in [1.54, 1.807) is 18.2 Å². The molecule has 1 saturated carbocycles. The van der Waals surface area contributed by atoms with Crippen LogP contribution in [0.2, 0.25) is 5.02 Å². The van der Waals surface area contributed by atoms with Crippen molar-refractivity contribution in [2.24, 2.45) is 0 Å². The van der Waals surface area contributed by atoms with Crippen molar-refractivity contribution in [1.29, 1.82) is 0 Å². The van der Waals surface area contributed by atoms with E-state index in [1.165, 1.54) is 36.4 Å². The van der Waals surface area contributed by atoms with E-state index < -0.39 is 16.1 Å². The van der Waals surface area contributed by atoms with Crippen molar-refractivity contribution in [2.45, 2.75) is 63.7 Å². The van der Waals surface area contributed by atoms with Crippen molar-refractivity contribution in [2.75, 3.05) is 22.9 Å². The molecule has 1 aromatic carbocycles. The molecule has 28 heavy (non-hydrogen) atoms. The molecular weight excluding hydrogens is 416 g/mol. The minimum absolute atomic E-state index is 0.270. The van der Waals surface area contributed by atoms with Gasteiger partial charge in [-0.2, -0.15) is 11.8 Å². The first kappa shape index (κ1) is 23.4. The van der Waals surface area contributed by atoms with Gasteiger partial charge in [0.1, 0.15) is 6.04 Å². The summed E-state index contributed by atoms with van der Waals surface area (Å²) in [6.07, 6.45) is 7.93. The second-order valence-electron chi connectivity index (χ2n) is 7.34. The topological polar surface area (TPSA) is 66.5 Å². The van der Waals surface area contributed by atoms with E-state index in [1.807, 2.05) is 25.6 Å². The number of thioether (sulfide) groups is 1. The van der Waals surface area contributed by atoms with Gasteiger partial charge in [-0.05, 0) is 43.9 Å². The Hall–Kier alpha value is -0.920. The molecule has 5 nitrogen and oxygen atoms in total. The second kappa shape index (κ2) is 10.7. The van der Waals surface area contributed by atoms with Crippen LogP contribution in [0.3, 0.4) is 0 Å². The molecule has 0 unspecified atom stereocenters. The summed E-state index contributed by atoms with van der Waals surface area (Å²) in [5, 5.41) is 4.09. The predicted octanol–water partition coefficient (Wildman–Crippen LogP) is 4.38. The third-order valence-corrected chi connectivity index (χ3v) is 8.02. The molecule has 1 aliphatic carbocycles. The smallest absolute Gasteiger partial charge is 0.243 e. The van der Waals surface area contributed by atoms with Crippen LogP contribution in [-0.4, -0.2) is 44.2 Å². The lowest BCUT2D eigenvalue weighted by Crippen LogP contribution is -2.49. The van der Waals surface area contributed by atoms with Crippen LogP contribution in [0, 0.1) is 6.92 Å². The summed E-state index contributed by atoms with van der Waals surface area (Å²) in [4.78, 5) is 12.8. The molecule has 0 bridgehead atoms. The van der Waals surface area contributed by atoms with Crippen LogP contribution in [0.4, 0.5) is 5.69 Å². The molecule has 1 fully saturated rings. The lowest BCUT2D eigenvalue weighted by Gasteiger charge is -2.30. The third-order valence-electron chi connectivity index (χ3n) is 5.05. The van der Waals surface area contributed by atoms with Gasteiger partial charge in [-0.15, -0.1) is 0 Å². The van der Waals surface area contributed by atoms with Crippen LogP contribution in [0.25, 0.3) is 0 Å². The van der Waals surface area contributed by atoms with E-state index in [0.717, 1.165) is 17.6 Å². The number of anilines is 1. The van der Waals surface area contributed by atoms with Crippen LogP contribution in [0.15, 0.2) is 18.2 Å². The highest BCUT2D eigenvalue weighted by Crippen LogP contribution is 2.29. The van der Waals surface area contributed by atoms with Crippen molar-refractivity contribution < 1.29 is 13.2 Å². The zero-order chi connectivity index (χ0) is 20.7. The van der Waals surface area contributed by atoms with Gasteiger partial charge in [0.2, 0.25) is 15.9 Å². The normalized spacial score (nSPS) is 16.6. The van der Waals surface area contributed by atoms with Gasteiger partial charge in [-0.3, -0.25) is 9.10 Å². The molecule has 0 saturated heterocycles. The van der Waals surface area contributed by atoms with E-state index in [2.05, 4.69) is 5.32 Å². The summed E-state index contributed by atoms with van der Waals surface area (Å²) < 4.78 is 26.1. The van der Waals surface area contributed by atoms with Crippen LogP contribution in [0.5, 0.6) is 0 Å². The van der Waals surface area contributed by atoms with Crippen molar-refractivity contribution in [3.05, 3.63) is 28.8 Å². The zero-order valence-corrected chi connectivity index (χ0v) is 19.3. The van der Waals surface area contributed by atoms with Gasteiger partial charge in [-0.1, -0.05) is 43.9 Å². The summed E-state index contributed by atoms with van der Waals surface area (Å²) in [7, 11) is -3.64. The second-order valence-corrected chi connectivity index (χ2v) is 11.0. The maximum atomic E-state index is 12.8. The molecule has 0 aromatic heterocycles. The lowest BCUT2D eigenvalue weighted by molar-refractivity contribution is -0.122. The summed E-state index contributed by atoms with van der Waals surface area (Å²) >= 11 is 8.10. The number of hydrogen-bond donors (Lipinski definition) is 1. The van der Waals surface area contributed by atoms with E-state index in [-0.39, 0.29) is 5.91 Å². The fraction of sp³-hybridized carbons (Fsp3) is 0.650. The summed E-state index contributed by atoms with van der Waals surface area (Å²) in [5.74, 6) is 0.580. The minimum atomic E-state index is -3.64. The molecule has 0 radical (unpaired) electrons. The van der Waals surface area contributed by atoms with Crippen molar-refractivity contribution >= 4 is 45.0 Å². The van der Waals surface area contributed by atoms with Crippen LogP contribution in [-0.2, 0) is 14.8 Å². The van der Waals surface area contributed by atoms with Gasteiger partial charge < -0.3 is 5.32 Å². The largest absolute Gasteiger partial charge is 0.353 e. The zero-order valence-electron chi connectivity index (χ0n) is 16.9. The number of carbonyl (C=O) groups is 1. The molecule has 1 amide bonds. The number of aryl methyl sites for hydroxylation is 1. The van der Waals surface area contributed by atoms with Crippen LogP contribution in [0.1, 0.15) is 51.0 Å². The summed E-state index contributed by atoms with van der Waals surface area (Å²) in [6.45, 7) is 4.21. The van der Waals surface area contributed by atoms with E-state index >= 15 is 0 Å². The van der Waals surface area contributed by atoms with E-state index in [0.29, 0.717) is 28.9 Å². The molecule has 0 aliphatic heterocycles. The highest BCUT2D eigenvalue weighted by molar-refractivity contribution is 7.99. The molecule has 1 aromatic rings. The molecule has 1 N–H and O–H groups in total. The molecule has 8 heteroatoms. The number of amides is 1. The number of halogens is 1. The first-order valence-electron chi connectivity index (χ1n) is 9.89. The highest BCUT2D eigenvalue weighted by Gasteiger charge is 2.31. The van der Waals surface area contributed by atoms with Gasteiger partial charge in [0.05, 0.1) is 11.9 Å². The number of sulfonamides is 1. The van der Waals surface area contributed by atoms with Crippen LogP contribution >= 0.6 is 23.4 Å². The number of nitrogens with zero attached hydrogens (tertiary/aromatic N) is 1. The summed E-state index contributed by atoms with van der Waals surface area (Å²) in [6, 6.07) is 4.26. The predicted molar refractivity (Wildman–Crippen MR) is 120 cm³/mol. The van der Waals surface area contributed by atoms with Gasteiger partial charge in [0, 0.05) is 22.6 Å². The van der Waals surface area contributed by atoms with Gasteiger partial charge in [0.25, 0.3) is 0 Å². The Bertz CT molecular complexity index is 765. The average Bonchev–Trinajstić information content (AvgIpc) is 2.65. The molecule has 1 atom stereocenters. The Morgan fingerprint density at radius 2 is 2.00 bits per heavy atom. The fourth-order valence-corrected chi connectivity index (χ4v) is 6.13. The van der Waals surface area contributed by atoms with Crippen molar-refractivity contribution in [3.8, 4) is 0 Å². The van der Waals surface area contributed by atoms with Gasteiger partial charge in [-0.25, -0.2) is 8.42 Å². The molecule has 0 heterocycles. The third kappa shape index (κ3) is 6.56.